The number of halogens is 1. The normalized spacial score (nSPS) is 22.2. The van der Waals surface area contributed by atoms with Crippen molar-refractivity contribution in [3.63, 3.8) is 0 Å². The molecule has 0 unspecified atom stereocenters. The van der Waals surface area contributed by atoms with Crippen LogP contribution in [0.2, 0.25) is 0 Å². The molecule has 1 aromatic carbocycles. The Labute approximate surface area is 134 Å². The van der Waals surface area contributed by atoms with E-state index >= 15 is 0 Å². The summed E-state index contributed by atoms with van der Waals surface area (Å²) in [6.45, 7) is 3.41. The molecule has 2 heterocycles. The van der Waals surface area contributed by atoms with E-state index in [-0.39, 0.29) is 0 Å². The molecule has 0 aliphatic carbocycles. The van der Waals surface area contributed by atoms with Crippen LogP contribution in [0.25, 0.3) is 5.69 Å². The Morgan fingerprint density at radius 1 is 1.19 bits per heavy atom. The van der Waals surface area contributed by atoms with Gasteiger partial charge >= 0.3 is 0 Å². The minimum Gasteiger partial charge on any atom is -0.367 e. The van der Waals surface area contributed by atoms with Crippen LogP contribution in [0, 0.1) is 0 Å². The van der Waals surface area contributed by atoms with Gasteiger partial charge in [0, 0.05) is 36.2 Å². The molecule has 4 nitrogen and oxygen atoms in total. The minimum absolute atomic E-state index is 0.589. The average Bonchev–Trinajstić information content (AvgIpc) is 3.05. The Morgan fingerprint density at radius 3 is 2.38 bits per heavy atom. The Kier molecular flexibility index (Phi) is 4.04. The molecule has 112 valence electrons. The summed E-state index contributed by atoms with van der Waals surface area (Å²) < 4.78 is 2.87. The van der Waals surface area contributed by atoms with E-state index in [1.165, 1.54) is 12.1 Å². The Hall–Kier alpha value is -1.33. The van der Waals surface area contributed by atoms with Crippen molar-refractivity contribution in [2.45, 2.75) is 25.4 Å². The van der Waals surface area contributed by atoms with Gasteiger partial charge in [0.15, 0.2) is 0 Å². The highest BCUT2D eigenvalue weighted by atomic mass is 79.9. The number of rotatable bonds is 3. The SMILES string of the molecule is C[C@@H]1C[C@@H](N(C)C)CN1c1ccc(-n2cnc(Br)c2)cc1. The molecule has 21 heavy (non-hydrogen) atoms. The van der Waals surface area contributed by atoms with E-state index in [1.54, 1.807) is 0 Å². The Balaban J connectivity index is 1.78. The molecule has 2 atom stereocenters. The van der Waals surface area contributed by atoms with Crippen LogP contribution in [-0.4, -0.2) is 47.2 Å². The summed E-state index contributed by atoms with van der Waals surface area (Å²) >= 11 is 3.38. The van der Waals surface area contributed by atoms with Crippen LogP contribution in [-0.2, 0) is 0 Å². The van der Waals surface area contributed by atoms with E-state index in [9.17, 15) is 0 Å². The van der Waals surface area contributed by atoms with E-state index in [4.69, 9.17) is 0 Å². The molecule has 0 radical (unpaired) electrons. The maximum atomic E-state index is 4.20. The number of hydrogen-bond donors (Lipinski definition) is 0. The largest absolute Gasteiger partial charge is 0.367 e. The lowest BCUT2D eigenvalue weighted by Gasteiger charge is -2.24. The van der Waals surface area contributed by atoms with Crippen molar-refractivity contribution < 1.29 is 0 Å². The molecule has 0 spiro atoms. The lowest BCUT2D eigenvalue weighted by molar-refractivity contribution is 0.311. The zero-order valence-corrected chi connectivity index (χ0v) is 14.3. The van der Waals surface area contributed by atoms with Gasteiger partial charge < -0.3 is 14.4 Å². The van der Waals surface area contributed by atoms with E-state index in [0.717, 1.165) is 16.8 Å². The Morgan fingerprint density at radius 2 is 1.86 bits per heavy atom. The molecule has 0 N–H and O–H groups in total. The molecule has 2 aromatic rings. The van der Waals surface area contributed by atoms with Gasteiger partial charge in [-0.05, 0) is 67.6 Å². The van der Waals surface area contributed by atoms with Crippen LogP contribution in [0.3, 0.4) is 0 Å². The molecule has 0 bridgehead atoms. The Bertz CT molecular complexity index is 605. The first-order valence-electron chi connectivity index (χ1n) is 7.27. The van der Waals surface area contributed by atoms with Crippen LogP contribution in [0.5, 0.6) is 0 Å². The van der Waals surface area contributed by atoms with Gasteiger partial charge in [-0.3, -0.25) is 0 Å². The standard InChI is InChI=1S/C16H21BrN4/c1-12-8-15(19(2)3)9-21(12)14-6-4-13(5-7-14)20-10-16(17)18-11-20/h4-7,10-12,15H,8-9H2,1-3H3/t12-,15-/m1/s1. The van der Waals surface area contributed by atoms with Crippen LogP contribution in [0.4, 0.5) is 5.69 Å². The van der Waals surface area contributed by atoms with Crippen molar-refractivity contribution in [1.82, 2.24) is 14.5 Å². The van der Waals surface area contributed by atoms with Crippen molar-refractivity contribution in [2.24, 2.45) is 0 Å². The monoisotopic (exact) mass is 348 g/mol. The maximum absolute atomic E-state index is 4.20. The molecule has 1 aromatic heterocycles. The van der Waals surface area contributed by atoms with Gasteiger partial charge in [0.05, 0.1) is 0 Å². The summed E-state index contributed by atoms with van der Waals surface area (Å²) in [7, 11) is 4.34. The zero-order valence-electron chi connectivity index (χ0n) is 12.7. The van der Waals surface area contributed by atoms with Gasteiger partial charge in [0.2, 0.25) is 0 Å². The fraction of sp³-hybridized carbons (Fsp3) is 0.438. The van der Waals surface area contributed by atoms with Crippen molar-refractivity contribution in [1.29, 1.82) is 0 Å². The second-order valence-electron chi connectivity index (χ2n) is 5.97. The quantitative estimate of drug-likeness (QED) is 0.851. The van der Waals surface area contributed by atoms with E-state index in [0.29, 0.717) is 12.1 Å². The molecular formula is C16H21BrN4. The molecule has 0 amide bonds. The highest BCUT2D eigenvalue weighted by molar-refractivity contribution is 9.10. The van der Waals surface area contributed by atoms with Gasteiger partial charge in [0.1, 0.15) is 10.9 Å². The predicted octanol–water partition coefficient (Wildman–Crippen LogP) is 3.16. The smallest absolute Gasteiger partial charge is 0.124 e. The second kappa shape index (κ2) is 5.81. The molecule has 0 saturated carbocycles. The average molecular weight is 349 g/mol. The molecule has 3 rings (SSSR count). The third-order valence-corrected chi connectivity index (χ3v) is 4.72. The molecule has 1 aliphatic heterocycles. The first-order chi connectivity index (χ1) is 10.0. The third kappa shape index (κ3) is 2.99. The van der Waals surface area contributed by atoms with Gasteiger partial charge in [-0.1, -0.05) is 0 Å². The lowest BCUT2D eigenvalue weighted by atomic mass is 10.2. The van der Waals surface area contributed by atoms with Crippen molar-refractivity contribution in [3.05, 3.63) is 41.4 Å². The summed E-state index contributed by atoms with van der Waals surface area (Å²) in [5.41, 5.74) is 2.43. The summed E-state index contributed by atoms with van der Waals surface area (Å²) in [5, 5.41) is 0. The molecule has 1 aliphatic rings. The van der Waals surface area contributed by atoms with E-state index < -0.39 is 0 Å². The third-order valence-electron chi connectivity index (χ3n) is 4.31. The number of hydrogen-bond acceptors (Lipinski definition) is 3. The number of nitrogens with zero attached hydrogens (tertiary/aromatic N) is 4. The van der Waals surface area contributed by atoms with Gasteiger partial charge in [-0.25, -0.2) is 4.98 Å². The first kappa shape index (κ1) is 14.6. The highest BCUT2D eigenvalue weighted by Gasteiger charge is 2.30. The topological polar surface area (TPSA) is 24.3 Å². The van der Waals surface area contributed by atoms with Gasteiger partial charge in [-0.2, -0.15) is 0 Å². The summed E-state index contributed by atoms with van der Waals surface area (Å²) in [6, 6.07) is 9.95. The minimum atomic E-state index is 0.589. The molecule has 5 heteroatoms. The van der Waals surface area contributed by atoms with E-state index in [2.05, 4.69) is 76.0 Å². The van der Waals surface area contributed by atoms with Crippen LogP contribution >= 0.6 is 15.9 Å². The first-order valence-corrected chi connectivity index (χ1v) is 8.07. The van der Waals surface area contributed by atoms with Crippen molar-refractivity contribution in [3.8, 4) is 5.69 Å². The second-order valence-corrected chi connectivity index (χ2v) is 6.79. The number of anilines is 1. The summed E-state index contributed by atoms with van der Waals surface area (Å²) in [6.07, 6.45) is 5.01. The fourth-order valence-corrected chi connectivity index (χ4v) is 3.30. The van der Waals surface area contributed by atoms with Crippen molar-refractivity contribution in [2.75, 3.05) is 25.5 Å². The van der Waals surface area contributed by atoms with Gasteiger partial charge in [0.25, 0.3) is 0 Å². The fourth-order valence-electron chi connectivity index (χ4n) is 2.99. The lowest BCUT2D eigenvalue weighted by Crippen LogP contribution is -2.32. The molecular weight excluding hydrogens is 328 g/mol. The highest BCUT2D eigenvalue weighted by Crippen LogP contribution is 2.28. The van der Waals surface area contributed by atoms with Crippen LogP contribution in [0.15, 0.2) is 41.4 Å². The van der Waals surface area contributed by atoms with Crippen LogP contribution in [0.1, 0.15) is 13.3 Å². The number of likely N-dealkylation sites (N-methyl/N-ethyl adjacent to an activating group) is 1. The molecule has 1 saturated heterocycles. The number of aromatic nitrogens is 2. The number of benzene rings is 1. The van der Waals surface area contributed by atoms with Crippen molar-refractivity contribution >= 4 is 21.6 Å². The summed E-state index contributed by atoms with van der Waals surface area (Å²) in [5.74, 6) is 0. The maximum Gasteiger partial charge on any atom is 0.124 e. The number of imidazole rings is 1. The van der Waals surface area contributed by atoms with E-state index in [1.807, 2.05) is 17.1 Å². The predicted molar refractivity (Wildman–Crippen MR) is 90.2 cm³/mol. The van der Waals surface area contributed by atoms with Crippen LogP contribution < -0.4 is 4.90 Å². The summed E-state index contributed by atoms with van der Waals surface area (Å²) in [4.78, 5) is 9.02. The molecule has 1 fully saturated rings. The zero-order chi connectivity index (χ0) is 15.0. The van der Waals surface area contributed by atoms with Gasteiger partial charge in [-0.15, -0.1) is 0 Å².